The summed E-state index contributed by atoms with van der Waals surface area (Å²) in [5.41, 5.74) is 2.45. The van der Waals surface area contributed by atoms with Crippen LogP contribution in [-0.4, -0.2) is 4.92 Å². The second-order valence-electron chi connectivity index (χ2n) is 4.67. The summed E-state index contributed by atoms with van der Waals surface area (Å²) in [5.74, 6) is -0.305. The molecule has 2 aromatic rings. The fraction of sp³-hybridized carbons (Fsp3) is 0.200. The van der Waals surface area contributed by atoms with Gasteiger partial charge in [-0.15, -0.1) is 0 Å². The molecule has 2 aromatic carbocycles. The molecule has 0 unspecified atom stereocenters. The molecule has 0 aliphatic carbocycles. The van der Waals surface area contributed by atoms with Crippen LogP contribution in [0.2, 0.25) is 0 Å². The number of nitro groups is 1. The van der Waals surface area contributed by atoms with Crippen LogP contribution >= 0.6 is 15.9 Å². The molecule has 0 heterocycles. The van der Waals surface area contributed by atoms with Gasteiger partial charge in [0.15, 0.2) is 0 Å². The van der Waals surface area contributed by atoms with E-state index in [1.165, 1.54) is 12.1 Å². The van der Waals surface area contributed by atoms with Crippen molar-refractivity contribution in [2.45, 2.75) is 20.0 Å². The summed E-state index contributed by atoms with van der Waals surface area (Å²) in [5, 5.41) is 14.0. The van der Waals surface area contributed by atoms with Gasteiger partial charge in [0.25, 0.3) is 5.69 Å². The van der Waals surface area contributed by atoms with Gasteiger partial charge in [0, 0.05) is 24.7 Å². The molecule has 0 bridgehead atoms. The van der Waals surface area contributed by atoms with E-state index in [1.807, 2.05) is 12.1 Å². The van der Waals surface area contributed by atoms with E-state index < -0.39 is 0 Å². The molecule has 21 heavy (non-hydrogen) atoms. The lowest BCUT2D eigenvalue weighted by Crippen LogP contribution is -2.14. The number of rotatable bonds is 5. The van der Waals surface area contributed by atoms with Gasteiger partial charge in [0.1, 0.15) is 5.82 Å². The van der Waals surface area contributed by atoms with Crippen molar-refractivity contribution in [1.82, 2.24) is 5.32 Å². The summed E-state index contributed by atoms with van der Waals surface area (Å²) in [6, 6.07) is 9.94. The first-order chi connectivity index (χ1) is 9.99. The molecule has 0 fully saturated rings. The van der Waals surface area contributed by atoms with Crippen LogP contribution in [0.3, 0.4) is 0 Å². The Bertz CT molecular complexity index is 677. The molecular weight excluding hydrogens is 339 g/mol. The third-order valence-electron chi connectivity index (χ3n) is 3.24. The van der Waals surface area contributed by atoms with Crippen molar-refractivity contribution in [3.63, 3.8) is 0 Å². The number of benzene rings is 2. The van der Waals surface area contributed by atoms with Crippen molar-refractivity contribution in [2.24, 2.45) is 0 Å². The van der Waals surface area contributed by atoms with Crippen LogP contribution in [0.15, 0.2) is 40.9 Å². The van der Waals surface area contributed by atoms with E-state index in [0.717, 1.165) is 11.1 Å². The Labute approximate surface area is 130 Å². The van der Waals surface area contributed by atoms with Gasteiger partial charge in [-0.2, -0.15) is 0 Å². The zero-order valence-corrected chi connectivity index (χ0v) is 13.0. The number of nitro benzene ring substituents is 1. The number of halogens is 2. The van der Waals surface area contributed by atoms with Crippen LogP contribution < -0.4 is 5.32 Å². The minimum absolute atomic E-state index is 0.115. The minimum atomic E-state index is -0.386. The standard InChI is InChI=1S/C15H14BrFN2O2/c1-10-12(3-2-4-15(10)19(20)21)9-18-8-11-5-6-13(16)14(17)7-11/h2-7,18H,8-9H2,1H3. The van der Waals surface area contributed by atoms with Crippen LogP contribution in [0.5, 0.6) is 0 Å². The second-order valence-corrected chi connectivity index (χ2v) is 5.52. The predicted octanol–water partition coefficient (Wildman–Crippen LogP) is 4.09. The maximum absolute atomic E-state index is 13.4. The van der Waals surface area contributed by atoms with E-state index in [4.69, 9.17) is 0 Å². The first-order valence-electron chi connectivity index (χ1n) is 6.36. The number of hydrogen-bond acceptors (Lipinski definition) is 3. The highest BCUT2D eigenvalue weighted by Crippen LogP contribution is 2.21. The molecule has 0 aromatic heterocycles. The summed E-state index contributed by atoms with van der Waals surface area (Å²) in [4.78, 5) is 10.5. The van der Waals surface area contributed by atoms with E-state index >= 15 is 0 Å². The van der Waals surface area contributed by atoms with Gasteiger partial charge in [-0.25, -0.2) is 4.39 Å². The maximum Gasteiger partial charge on any atom is 0.272 e. The van der Waals surface area contributed by atoms with Gasteiger partial charge in [-0.05, 0) is 46.1 Å². The first kappa shape index (κ1) is 15.6. The Morgan fingerprint density at radius 2 is 2.05 bits per heavy atom. The number of hydrogen-bond donors (Lipinski definition) is 1. The van der Waals surface area contributed by atoms with Crippen molar-refractivity contribution in [3.05, 3.63) is 73.5 Å². The van der Waals surface area contributed by atoms with Crippen molar-refractivity contribution in [1.29, 1.82) is 0 Å². The normalized spacial score (nSPS) is 10.6. The minimum Gasteiger partial charge on any atom is -0.309 e. The molecule has 0 saturated heterocycles. The lowest BCUT2D eigenvalue weighted by Gasteiger charge is -2.08. The van der Waals surface area contributed by atoms with Gasteiger partial charge in [-0.3, -0.25) is 10.1 Å². The third kappa shape index (κ3) is 3.86. The quantitative estimate of drug-likeness (QED) is 0.651. The highest BCUT2D eigenvalue weighted by atomic mass is 79.9. The van der Waals surface area contributed by atoms with Crippen LogP contribution in [0.1, 0.15) is 16.7 Å². The monoisotopic (exact) mass is 352 g/mol. The van der Waals surface area contributed by atoms with E-state index in [9.17, 15) is 14.5 Å². The molecule has 2 rings (SSSR count). The van der Waals surface area contributed by atoms with Crippen molar-refractivity contribution in [2.75, 3.05) is 0 Å². The molecule has 0 atom stereocenters. The van der Waals surface area contributed by atoms with Crippen molar-refractivity contribution in [3.8, 4) is 0 Å². The molecule has 1 N–H and O–H groups in total. The molecule has 0 amide bonds. The number of nitrogens with one attached hydrogen (secondary N) is 1. The highest BCUT2D eigenvalue weighted by molar-refractivity contribution is 9.10. The summed E-state index contributed by atoms with van der Waals surface area (Å²) in [6.45, 7) is 2.71. The molecule has 110 valence electrons. The van der Waals surface area contributed by atoms with Crippen molar-refractivity contribution < 1.29 is 9.31 Å². The molecule has 4 nitrogen and oxygen atoms in total. The first-order valence-corrected chi connectivity index (χ1v) is 7.16. The van der Waals surface area contributed by atoms with Crippen LogP contribution in [0.25, 0.3) is 0 Å². The predicted molar refractivity (Wildman–Crippen MR) is 82.5 cm³/mol. The molecule has 6 heteroatoms. The van der Waals surface area contributed by atoms with Gasteiger partial charge < -0.3 is 5.32 Å². The largest absolute Gasteiger partial charge is 0.309 e. The highest BCUT2D eigenvalue weighted by Gasteiger charge is 2.12. The smallest absolute Gasteiger partial charge is 0.272 e. The van der Waals surface area contributed by atoms with Gasteiger partial charge in [0.2, 0.25) is 0 Å². The summed E-state index contributed by atoms with van der Waals surface area (Å²) in [7, 11) is 0. The SMILES string of the molecule is Cc1c(CNCc2ccc(Br)c(F)c2)cccc1[N+](=O)[O-]. The fourth-order valence-electron chi connectivity index (χ4n) is 2.05. The average Bonchev–Trinajstić information content (AvgIpc) is 2.44. The molecule has 0 saturated carbocycles. The van der Waals surface area contributed by atoms with Gasteiger partial charge in [0.05, 0.1) is 9.40 Å². The molecule has 0 aliphatic heterocycles. The Kier molecular flexibility index (Phi) is 5.03. The fourth-order valence-corrected chi connectivity index (χ4v) is 2.30. The lowest BCUT2D eigenvalue weighted by molar-refractivity contribution is -0.385. The summed E-state index contributed by atoms with van der Waals surface area (Å²) < 4.78 is 13.8. The Morgan fingerprint density at radius 1 is 1.29 bits per heavy atom. The maximum atomic E-state index is 13.4. The van der Waals surface area contributed by atoms with Crippen molar-refractivity contribution >= 4 is 21.6 Å². The summed E-state index contributed by atoms with van der Waals surface area (Å²) in [6.07, 6.45) is 0. The molecular formula is C15H14BrFN2O2. The second kappa shape index (κ2) is 6.78. The Morgan fingerprint density at radius 3 is 2.71 bits per heavy atom. The zero-order valence-electron chi connectivity index (χ0n) is 11.4. The van der Waals surface area contributed by atoms with Crippen LogP contribution in [-0.2, 0) is 13.1 Å². The van der Waals surface area contributed by atoms with Crippen LogP contribution in [0.4, 0.5) is 10.1 Å². The van der Waals surface area contributed by atoms with E-state index in [2.05, 4.69) is 21.2 Å². The van der Waals surface area contributed by atoms with Crippen LogP contribution in [0, 0.1) is 22.9 Å². The lowest BCUT2D eigenvalue weighted by atomic mass is 10.1. The molecule has 0 spiro atoms. The molecule has 0 aliphatic rings. The number of nitrogens with zero attached hydrogens (tertiary/aromatic N) is 1. The average molecular weight is 353 g/mol. The van der Waals surface area contributed by atoms with E-state index in [1.54, 1.807) is 19.1 Å². The van der Waals surface area contributed by atoms with E-state index in [0.29, 0.717) is 23.1 Å². The third-order valence-corrected chi connectivity index (χ3v) is 3.89. The van der Waals surface area contributed by atoms with Gasteiger partial charge in [-0.1, -0.05) is 18.2 Å². The molecule has 0 radical (unpaired) electrons. The Hall–Kier alpha value is -1.79. The summed E-state index contributed by atoms with van der Waals surface area (Å²) >= 11 is 3.11. The van der Waals surface area contributed by atoms with Gasteiger partial charge >= 0.3 is 0 Å². The zero-order chi connectivity index (χ0) is 15.4. The topological polar surface area (TPSA) is 55.2 Å². The Balaban J connectivity index is 2.02. The van der Waals surface area contributed by atoms with E-state index in [-0.39, 0.29) is 16.4 Å².